The van der Waals surface area contributed by atoms with Gasteiger partial charge in [-0.15, -0.1) is 0 Å². The summed E-state index contributed by atoms with van der Waals surface area (Å²) in [6.45, 7) is 0. The third kappa shape index (κ3) is 4.20. The Morgan fingerprint density at radius 1 is 0.944 bits per heavy atom. The van der Waals surface area contributed by atoms with Gasteiger partial charge in [0.2, 0.25) is 0 Å². The quantitative estimate of drug-likeness (QED) is 0.625. The van der Waals surface area contributed by atoms with E-state index in [1.807, 2.05) is 36.0 Å². The summed E-state index contributed by atoms with van der Waals surface area (Å²) < 4.78 is 1.01. The third-order valence-electron chi connectivity index (χ3n) is 2.45. The van der Waals surface area contributed by atoms with Crippen LogP contribution in [-0.2, 0) is 11.5 Å². The topological polar surface area (TPSA) is 0 Å². The van der Waals surface area contributed by atoms with E-state index in [1.165, 1.54) is 11.1 Å². The fourth-order valence-corrected chi connectivity index (χ4v) is 3.45. The highest BCUT2D eigenvalue weighted by atomic mass is 79.9. The van der Waals surface area contributed by atoms with E-state index in [4.69, 9.17) is 23.2 Å². The van der Waals surface area contributed by atoms with Crippen molar-refractivity contribution in [3.05, 3.63) is 68.1 Å². The standard InChI is InChI=1S/C14H11BrCl2S/c15-12-4-3-11(14(17)7-12)9-18-8-10-1-5-13(16)6-2-10/h1-7H,8-9H2. The molecular weight excluding hydrogens is 351 g/mol. The first-order valence-corrected chi connectivity index (χ1v) is 8.11. The Morgan fingerprint density at radius 3 is 2.33 bits per heavy atom. The zero-order valence-electron chi connectivity index (χ0n) is 9.50. The molecule has 18 heavy (non-hydrogen) atoms. The SMILES string of the molecule is Clc1ccc(CSCc2ccc(Br)cc2Cl)cc1. The van der Waals surface area contributed by atoms with Gasteiger partial charge in [-0.3, -0.25) is 0 Å². The van der Waals surface area contributed by atoms with E-state index in [0.717, 1.165) is 26.0 Å². The first-order chi connectivity index (χ1) is 8.65. The van der Waals surface area contributed by atoms with Crippen molar-refractivity contribution in [1.29, 1.82) is 0 Å². The van der Waals surface area contributed by atoms with Crippen molar-refractivity contribution >= 4 is 50.9 Å². The van der Waals surface area contributed by atoms with Gasteiger partial charge in [0.05, 0.1) is 0 Å². The van der Waals surface area contributed by atoms with Crippen LogP contribution < -0.4 is 0 Å². The molecule has 0 amide bonds. The summed E-state index contributed by atoms with van der Waals surface area (Å²) >= 11 is 17.3. The predicted molar refractivity (Wildman–Crippen MR) is 85.6 cm³/mol. The molecule has 0 spiro atoms. The minimum atomic E-state index is 0.778. The Morgan fingerprint density at radius 2 is 1.67 bits per heavy atom. The predicted octanol–water partition coefficient (Wildman–Crippen LogP) is 6.19. The lowest BCUT2D eigenvalue weighted by atomic mass is 10.2. The van der Waals surface area contributed by atoms with Crippen molar-refractivity contribution in [2.24, 2.45) is 0 Å². The summed E-state index contributed by atoms with van der Waals surface area (Å²) in [5, 5.41) is 1.59. The van der Waals surface area contributed by atoms with Crippen LogP contribution in [0.4, 0.5) is 0 Å². The molecule has 0 aliphatic heterocycles. The minimum Gasteiger partial charge on any atom is -0.152 e. The fraction of sp³-hybridized carbons (Fsp3) is 0.143. The monoisotopic (exact) mass is 360 g/mol. The molecule has 2 rings (SSSR count). The molecule has 2 aromatic carbocycles. The first-order valence-electron chi connectivity index (χ1n) is 5.41. The maximum Gasteiger partial charge on any atom is 0.0457 e. The van der Waals surface area contributed by atoms with E-state index in [2.05, 4.69) is 34.1 Å². The highest BCUT2D eigenvalue weighted by Gasteiger charge is 2.01. The van der Waals surface area contributed by atoms with Crippen molar-refractivity contribution < 1.29 is 0 Å². The summed E-state index contributed by atoms with van der Waals surface area (Å²) in [4.78, 5) is 0. The van der Waals surface area contributed by atoms with Crippen LogP contribution in [0.1, 0.15) is 11.1 Å². The van der Waals surface area contributed by atoms with Gasteiger partial charge in [0.15, 0.2) is 0 Å². The molecule has 0 N–H and O–H groups in total. The van der Waals surface area contributed by atoms with Gasteiger partial charge in [0.1, 0.15) is 0 Å². The zero-order chi connectivity index (χ0) is 13.0. The Balaban J connectivity index is 1.90. The summed E-state index contributed by atoms with van der Waals surface area (Å²) in [5.41, 5.74) is 2.44. The maximum atomic E-state index is 6.17. The molecule has 0 unspecified atom stereocenters. The Kier molecular flexibility index (Phi) is 5.43. The molecule has 0 saturated heterocycles. The maximum absolute atomic E-state index is 6.17. The highest BCUT2D eigenvalue weighted by molar-refractivity contribution is 9.10. The molecule has 0 heterocycles. The second kappa shape index (κ2) is 6.85. The average Bonchev–Trinajstić information content (AvgIpc) is 2.34. The van der Waals surface area contributed by atoms with Crippen molar-refractivity contribution in [2.45, 2.75) is 11.5 Å². The van der Waals surface area contributed by atoms with Gasteiger partial charge in [-0.1, -0.05) is 57.3 Å². The molecule has 94 valence electrons. The molecule has 4 heteroatoms. The second-order valence-electron chi connectivity index (χ2n) is 3.85. The Labute approximate surface area is 130 Å². The van der Waals surface area contributed by atoms with Gasteiger partial charge in [-0.05, 0) is 35.4 Å². The number of halogens is 3. The lowest BCUT2D eigenvalue weighted by molar-refractivity contribution is 1.36. The lowest BCUT2D eigenvalue weighted by Gasteiger charge is -2.05. The Bertz CT molecular complexity index is 526. The number of hydrogen-bond acceptors (Lipinski definition) is 1. The normalized spacial score (nSPS) is 10.6. The molecule has 0 bridgehead atoms. The summed E-state index contributed by atoms with van der Waals surface area (Å²) in [6, 6.07) is 14.0. The van der Waals surface area contributed by atoms with Gasteiger partial charge in [0, 0.05) is 26.0 Å². The molecule has 2 aromatic rings. The number of benzene rings is 2. The van der Waals surface area contributed by atoms with E-state index >= 15 is 0 Å². The molecule has 0 aliphatic carbocycles. The second-order valence-corrected chi connectivity index (χ2v) is 6.60. The smallest absolute Gasteiger partial charge is 0.0457 e. The fourth-order valence-electron chi connectivity index (χ4n) is 1.50. The van der Waals surface area contributed by atoms with E-state index in [9.17, 15) is 0 Å². The molecule has 0 saturated carbocycles. The van der Waals surface area contributed by atoms with Gasteiger partial charge >= 0.3 is 0 Å². The van der Waals surface area contributed by atoms with Crippen LogP contribution in [0.5, 0.6) is 0 Å². The van der Waals surface area contributed by atoms with Crippen LogP contribution in [0.15, 0.2) is 46.9 Å². The van der Waals surface area contributed by atoms with Gasteiger partial charge in [-0.2, -0.15) is 11.8 Å². The van der Waals surface area contributed by atoms with E-state index in [1.54, 1.807) is 0 Å². The minimum absolute atomic E-state index is 0.778. The van der Waals surface area contributed by atoms with Crippen LogP contribution in [0.2, 0.25) is 10.0 Å². The summed E-state index contributed by atoms with van der Waals surface area (Å²) in [5.74, 6) is 1.87. The van der Waals surface area contributed by atoms with E-state index in [-0.39, 0.29) is 0 Å². The summed E-state index contributed by atoms with van der Waals surface area (Å²) in [7, 11) is 0. The van der Waals surface area contributed by atoms with Crippen molar-refractivity contribution in [2.75, 3.05) is 0 Å². The third-order valence-corrected chi connectivity index (χ3v) is 4.60. The molecule has 0 aliphatic rings. The molecule has 0 radical (unpaired) electrons. The molecule has 0 nitrogen and oxygen atoms in total. The van der Waals surface area contributed by atoms with Crippen LogP contribution >= 0.6 is 50.9 Å². The zero-order valence-corrected chi connectivity index (χ0v) is 13.4. The lowest BCUT2D eigenvalue weighted by Crippen LogP contribution is -1.85. The van der Waals surface area contributed by atoms with Gasteiger partial charge in [-0.25, -0.2) is 0 Å². The van der Waals surface area contributed by atoms with E-state index < -0.39 is 0 Å². The average molecular weight is 362 g/mol. The van der Waals surface area contributed by atoms with Crippen LogP contribution in [0.3, 0.4) is 0 Å². The molecule has 0 fully saturated rings. The number of rotatable bonds is 4. The summed E-state index contributed by atoms with van der Waals surface area (Å²) in [6.07, 6.45) is 0. The first kappa shape index (κ1) is 14.3. The number of hydrogen-bond donors (Lipinski definition) is 0. The van der Waals surface area contributed by atoms with E-state index in [0.29, 0.717) is 0 Å². The Hall–Kier alpha value is -0.150. The molecule has 0 aromatic heterocycles. The van der Waals surface area contributed by atoms with Crippen molar-refractivity contribution in [1.82, 2.24) is 0 Å². The molecular formula is C14H11BrCl2S. The van der Waals surface area contributed by atoms with Crippen LogP contribution in [-0.4, -0.2) is 0 Å². The van der Waals surface area contributed by atoms with Crippen molar-refractivity contribution in [3.8, 4) is 0 Å². The van der Waals surface area contributed by atoms with Crippen molar-refractivity contribution in [3.63, 3.8) is 0 Å². The molecule has 0 atom stereocenters. The number of thioether (sulfide) groups is 1. The van der Waals surface area contributed by atoms with Gasteiger partial charge in [0.25, 0.3) is 0 Å². The van der Waals surface area contributed by atoms with Crippen LogP contribution in [0, 0.1) is 0 Å². The highest BCUT2D eigenvalue weighted by Crippen LogP contribution is 2.26. The largest absolute Gasteiger partial charge is 0.152 e. The van der Waals surface area contributed by atoms with Crippen LogP contribution in [0.25, 0.3) is 0 Å². The van der Waals surface area contributed by atoms with Gasteiger partial charge < -0.3 is 0 Å².